The van der Waals surface area contributed by atoms with Gasteiger partial charge in [-0.15, -0.1) is 0 Å². The predicted octanol–water partition coefficient (Wildman–Crippen LogP) is 4.74. The highest BCUT2D eigenvalue weighted by atomic mass is 16.3. The zero-order valence-electron chi connectivity index (χ0n) is 12.0. The van der Waals surface area contributed by atoms with E-state index in [0.29, 0.717) is 5.75 Å². The molecule has 2 rings (SSSR count). The van der Waals surface area contributed by atoms with Crippen molar-refractivity contribution in [3.63, 3.8) is 0 Å². The van der Waals surface area contributed by atoms with Crippen LogP contribution in [0.15, 0.2) is 42.5 Å². The third kappa shape index (κ3) is 3.08. The Morgan fingerprint density at radius 1 is 1.00 bits per heavy atom. The lowest BCUT2D eigenvalue weighted by Crippen LogP contribution is -2.14. The first-order valence-electron chi connectivity index (χ1n) is 6.54. The van der Waals surface area contributed by atoms with Crippen molar-refractivity contribution in [3.8, 4) is 5.75 Å². The van der Waals surface area contributed by atoms with E-state index >= 15 is 0 Å². The van der Waals surface area contributed by atoms with Crippen LogP contribution in [0, 0.1) is 6.92 Å². The summed E-state index contributed by atoms with van der Waals surface area (Å²) in [7, 11) is 0. The second-order valence-corrected chi connectivity index (χ2v) is 5.94. The summed E-state index contributed by atoms with van der Waals surface area (Å²) >= 11 is 0. The van der Waals surface area contributed by atoms with Gasteiger partial charge in [0.25, 0.3) is 0 Å². The summed E-state index contributed by atoms with van der Waals surface area (Å²) in [5.74, 6) is 0.338. The van der Waals surface area contributed by atoms with Gasteiger partial charge in [-0.25, -0.2) is 0 Å². The number of anilines is 2. The maximum Gasteiger partial charge on any atom is 0.121 e. The van der Waals surface area contributed by atoms with Gasteiger partial charge in [0, 0.05) is 16.9 Å². The highest BCUT2D eigenvalue weighted by Gasteiger charge is 2.21. The lowest BCUT2D eigenvalue weighted by Gasteiger charge is -2.24. The van der Waals surface area contributed by atoms with Gasteiger partial charge in [-0.1, -0.05) is 39.0 Å². The molecule has 0 radical (unpaired) electrons. The molecule has 0 aliphatic rings. The molecule has 0 aliphatic carbocycles. The van der Waals surface area contributed by atoms with E-state index in [0.717, 1.165) is 16.9 Å². The lowest BCUT2D eigenvalue weighted by atomic mass is 9.85. The minimum absolute atomic E-state index is 0.114. The monoisotopic (exact) mass is 255 g/mol. The molecule has 0 amide bonds. The van der Waals surface area contributed by atoms with Crippen LogP contribution < -0.4 is 5.32 Å². The summed E-state index contributed by atoms with van der Waals surface area (Å²) in [6, 6.07) is 13.8. The molecule has 0 heterocycles. The Kier molecular flexibility index (Phi) is 3.52. The highest BCUT2D eigenvalue weighted by molar-refractivity contribution is 5.68. The number of rotatable bonds is 2. The maximum absolute atomic E-state index is 10.1. The van der Waals surface area contributed by atoms with Gasteiger partial charge in [-0.2, -0.15) is 0 Å². The minimum Gasteiger partial charge on any atom is -0.508 e. The fourth-order valence-electron chi connectivity index (χ4n) is 2.31. The summed E-state index contributed by atoms with van der Waals surface area (Å²) < 4.78 is 0. The molecule has 0 saturated carbocycles. The van der Waals surface area contributed by atoms with Crippen molar-refractivity contribution in [3.05, 3.63) is 53.6 Å². The topological polar surface area (TPSA) is 32.3 Å². The molecule has 2 N–H and O–H groups in total. The van der Waals surface area contributed by atoms with Gasteiger partial charge in [-0.05, 0) is 42.2 Å². The van der Waals surface area contributed by atoms with Gasteiger partial charge in [-0.3, -0.25) is 0 Å². The van der Waals surface area contributed by atoms with Crippen LogP contribution in [0.2, 0.25) is 0 Å². The summed E-state index contributed by atoms with van der Waals surface area (Å²) in [5, 5.41) is 13.5. The van der Waals surface area contributed by atoms with Crippen molar-refractivity contribution in [1.29, 1.82) is 0 Å². The molecule has 0 saturated heterocycles. The summed E-state index contributed by atoms with van der Waals surface area (Å²) in [4.78, 5) is 0. The summed E-state index contributed by atoms with van der Waals surface area (Å²) in [5.41, 5.74) is 4.03. The molecule has 0 aliphatic heterocycles. The number of phenolic OH excluding ortho intramolecular Hbond substituents is 1. The molecule has 0 spiro atoms. The molecular weight excluding hydrogens is 234 g/mol. The predicted molar refractivity (Wildman–Crippen MR) is 81.3 cm³/mol. The Labute approximate surface area is 115 Å². The number of hydrogen-bond donors (Lipinski definition) is 2. The van der Waals surface area contributed by atoms with Crippen LogP contribution in [0.1, 0.15) is 31.9 Å². The van der Waals surface area contributed by atoms with E-state index in [1.807, 2.05) is 24.3 Å². The quantitative estimate of drug-likeness (QED) is 0.812. The first-order chi connectivity index (χ1) is 8.88. The Bertz CT molecular complexity index is 582. The van der Waals surface area contributed by atoms with Crippen LogP contribution in [-0.4, -0.2) is 5.11 Å². The zero-order valence-corrected chi connectivity index (χ0v) is 12.0. The molecule has 0 atom stereocenters. The third-order valence-electron chi connectivity index (χ3n) is 3.09. The van der Waals surface area contributed by atoms with Crippen LogP contribution in [0.25, 0.3) is 0 Å². The van der Waals surface area contributed by atoms with Gasteiger partial charge in [0.05, 0.1) is 0 Å². The van der Waals surface area contributed by atoms with Gasteiger partial charge in [0.2, 0.25) is 0 Å². The van der Waals surface area contributed by atoms with E-state index in [-0.39, 0.29) is 5.41 Å². The van der Waals surface area contributed by atoms with Gasteiger partial charge >= 0.3 is 0 Å². The van der Waals surface area contributed by atoms with E-state index in [4.69, 9.17) is 0 Å². The van der Waals surface area contributed by atoms with Crippen molar-refractivity contribution in [2.75, 3.05) is 5.32 Å². The van der Waals surface area contributed by atoms with E-state index < -0.39 is 0 Å². The molecule has 2 heteroatoms. The molecule has 2 aromatic carbocycles. The third-order valence-corrected chi connectivity index (χ3v) is 3.09. The van der Waals surface area contributed by atoms with E-state index in [9.17, 15) is 5.11 Å². The molecule has 0 bridgehead atoms. The second-order valence-electron chi connectivity index (χ2n) is 5.94. The van der Waals surface area contributed by atoms with Crippen molar-refractivity contribution in [2.45, 2.75) is 33.1 Å². The first kappa shape index (κ1) is 13.5. The number of hydrogen-bond acceptors (Lipinski definition) is 2. The van der Waals surface area contributed by atoms with Crippen molar-refractivity contribution in [1.82, 2.24) is 0 Å². The standard InChI is InChI=1S/C17H21NO/c1-12-7-5-8-13(11-12)18-14-9-6-10-15(19)16(14)17(2,3)4/h5-11,18-19H,1-4H3. The molecule has 2 nitrogen and oxygen atoms in total. The molecular formula is C17H21NO. The molecule has 0 aromatic heterocycles. The van der Waals surface area contributed by atoms with E-state index in [1.54, 1.807) is 6.07 Å². The van der Waals surface area contributed by atoms with Crippen molar-refractivity contribution < 1.29 is 5.11 Å². The second kappa shape index (κ2) is 4.96. The average molecular weight is 255 g/mol. The number of phenols is 1. The molecule has 19 heavy (non-hydrogen) atoms. The molecule has 100 valence electrons. The fourth-order valence-corrected chi connectivity index (χ4v) is 2.31. The van der Waals surface area contributed by atoms with E-state index in [2.05, 4.69) is 45.1 Å². The first-order valence-corrected chi connectivity index (χ1v) is 6.54. The molecule has 2 aromatic rings. The Hall–Kier alpha value is -1.96. The maximum atomic E-state index is 10.1. The minimum atomic E-state index is -0.114. The SMILES string of the molecule is Cc1cccc(Nc2cccc(O)c2C(C)(C)C)c1. The van der Waals surface area contributed by atoms with Gasteiger partial charge in [0.1, 0.15) is 5.75 Å². The average Bonchev–Trinajstić information content (AvgIpc) is 2.27. The largest absolute Gasteiger partial charge is 0.508 e. The van der Waals surface area contributed by atoms with Crippen LogP contribution in [0.4, 0.5) is 11.4 Å². The Morgan fingerprint density at radius 3 is 2.32 bits per heavy atom. The highest BCUT2D eigenvalue weighted by Crippen LogP contribution is 2.37. The van der Waals surface area contributed by atoms with Crippen LogP contribution in [0.3, 0.4) is 0 Å². The normalized spacial score (nSPS) is 11.4. The Balaban J connectivity index is 2.43. The lowest BCUT2D eigenvalue weighted by molar-refractivity contribution is 0.448. The smallest absolute Gasteiger partial charge is 0.121 e. The number of aromatic hydroxyl groups is 1. The fraction of sp³-hybridized carbons (Fsp3) is 0.294. The molecule has 0 unspecified atom stereocenters. The number of benzene rings is 2. The Morgan fingerprint density at radius 2 is 1.68 bits per heavy atom. The van der Waals surface area contributed by atoms with Crippen LogP contribution >= 0.6 is 0 Å². The van der Waals surface area contributed by atoms with Gasteiger partial charge in [0.15, 0.2) is 0 Å². The molecule has 0 fully saturated rings. The summed E-state index contributed by atoms with van der Waals surface area (Å²) in [6.07, 6.45) is 0. The zero-order chi connectivity index (χ0) is 14.0. The number of nitrogens with one attached hydrogen (secondary N) is 1. The number of aryl methyl sites for hydroxylation is 1. The summed E-state index contributed by atoms with van der Waals surface area (Å²) in [6.45, 7) is 8.37. The van der Waals surface area contributed by atoms with Crippen LogP contribution in [-0.2, 0) is 5.41 Å². The van der Waals surface area contributed by atoms with Crippen molar-refractivity contribution >= 4 is 11.4 Å². The van der Waals surface area contributed by atoms with Crippen molar-refractivity contribution in [2.24, 2.45) is 0 Å². The van der Waals surface area contributed by atoms with Crippen LogP contribution in [0.5, 0.6) is 5.75 Å². The van der Waals surface area contributed by atoms with Gasteiger partial charge < -0.3 is 10.4 Å². The van der Waals surface area contributed by atoms with E-state index in [1.165, 1.54) is 5.56 Å².